The molecule has 1 rings (SSSR count). The van der Waals surface area contributed by atoms with E-state index in [2.05, 4.69) is 10.2 Å². The summed E-state index contributed by atoms with van der Waals surface area (Å²) in [7, 11) is 0. The molecule has 0 saturated carbocycles. The molecule has 0 N–H and O–H groups in total. The van der Waals surface area contributed by atoms with E-state index in [1.165, 1.54) is 0 Å². The summed E-state index contributed by atoms with van der Waals surface area (Å²) >= 11 is 0. The number of rotatable bonds is 2. The van der Waals surface area contributed by atoms with Gasteiger partial charge in [-0.1, -0.05) is 0 Å². The monoisotopic (exact) mass is 184 g/mol. The highest BCUT2D eigenvalue weighted by Gasteiger charge is 2.16. The number of ether oxygens (including phenoxy) is 2. The van der Waals surface area contributed by atoms with Gasteiger partial charge < -0.3 is 9.47 Å². The van der Waals surface area contributed by atoms with Crippen molar-refractivity contribution >= 4 is 11.4 Å². The van der Waals surface area contributed by atoms with Gasteiger partial charge in [-0.15, -0.1) is 0 Å². The first-order valence-corrected chi connectivity index (χ1v) is 4.45. The lowest BCUT2D eigenvalue weighted by atomic mass is 10.2. The first-order chi connectivity index (χ1) is 6.20. The van der Waals surface area contributed by atoms with Gasteiger partial charge in [-0.25, -0.2) is 0 Å². The van der Waals surface area contributed by atoms with Crippen molar-refractivity contribution in [3.05, 3.63) is 0 Å². The quantitative estimate of drug-likeness (QED) is 0.479. The summed E-state index contributed by atoms with van der Waals surface area (Å²) in [5.74, 6) is 0. The van der Waals surface area contributed by atoms with E-state index in [9.17, 15) is 0 Å². The first kappa shape index (κ1) is 10.3. The predicted octanol–water partition coefficient (Wildman–Crippen LogP) is 1.26. The van der Waals surface area contributed by atoms with Crippen LogP contribution in [0, 0.1) is 0 Å². The number of hydrogen-bond acceptors (Lipinski definition) is 4. The zero-order valence-corrected chi connectivity index (χ0v) is 8.41. The molecule has 1 fully saturated rings. The lowest BCUT2D eigenvalue weighted by molar-refractivity contribution is -0.0596. The molecule has 0 bridgehead atoms. The molecule has 1 aliphatic heterocycles. The van der Waals surface area contributed by atoms with Crippen LogP contribution < -0.4 is 0 Å². The third-order valence-electron chi connectivity index (χ3n) is 1.69. The lowest BCUT2D eigenvalue weighted by Gasteiger charge is -2.21. The molecule has 1 atom stereocenters. The van der Waals surface area contributed by atoms with Crippen LogP contribution in [0.25, 0.3) is 0 Å². The van der Waals surface area contributed by atoms with Gasteiger partial charge in [-0.05, 0) is 20.8 Å². The van der Waals surface area contributed by atoms with Gasteiger partial charge in [-0.3, -0.25) is 0 Å². The van der Waals surface area contributed by atoms with Crippen LogP contribution in [0.2, 0.25) is 0 Å². The van der Waals surface area contributed by atoms with E-state index in [0.717, 1.165) is 11.4 Å². The van der Waals surface area contributed by atoms with Gasteiger partial charge in [0.1, 0.15) is 6.10 Å². The lowest BCUT2D eigenvalue weighted by Crippen LogP contribution is -2.34. The third kappa shape index (κ3) is 3.65. The van der Waals surface area contributed by atoms with E-state index in [4.69, 9.17) is 9.47 Å². The molecule has 1 aliphatic rings. The van der Waals surface area contributed by atoms with Crippen molar-refractivity contribution in [2.24, 2.45) is 10.2 Å². The third-order valence-corrected chi connectivity index (χ3v) is 1.69. The smallest absolute Gasteiger partial charge is 0.120 e. The zero-order valence-electron chi connectivity index (χ0n) is 8.41. The van der Waals surface area contributed by atoms with Crippen molar-refractivity contribution in [2.45, 2.75) is 26.9 Å². The minimum Gasteiger partial charge on any atom is -0.376 e. The highest BCUT2D eigenvalue weighted by molar-refractivity contribution is 5.87. The molecule has 0 unspecified atom stereocenters. The summed E-state index contributed by atoms with van der Waals surface area (Å²) < 4.78 is 10.7. The molecule has 4 nitrogen and oxygen atoms in total. The molecular formula is C9H16N2O2. The SMILES string of the molecule is CC(C)=N/N=C(\C)[C@@H]1COCCO1. The molecular weight excluding hydrogens is 168 g/mol. The van der Waals surface area contributed by atoms with Gasteiger partial charge in [0.2, 0.25) is 0 Å². The van der Waals surface area contributed by atoms with Crippen LogP contribution in [0.1, 0.15) is 20.8 Å². The molecule has 0 radical (unpaired) electrons. The Labute approximate surface area is 78.6 Å². The van der Waals surface area contributed by atoms with Crippen LogP contribution >= 0.6 is 0 Å². The van der Waals surface area contributed by atoms with Crippen molar-refractivity contribution in [2.75, 3.05) is 19.8 Å². The van der Waals surface area contributed by atoms with Crippen molar-refractivity contribution in [3.8, 4) is 0 Å². The normalized spacial score (nSPS) is 24.2. The molecule has 0 aromatic rings. The molecule has 13 heavy (non-hydrogen) atoms. The summed E-state index contributed by atoms with van der Waals surface area (Å²) in [6, 6.07) is 0. The second kappa shape index (κ2) is 5.09. The molecule has 0 spiro atoms. The molecule has 4 heteroatoms. The van der Waals surface area contributed by atoms with E-state index in [1.807, 2.05) is 20.8 Å². The van der Waals surface area contributed by atoms with E-state index >= 15 is 0 Å². The molecule has 1 heterocycles. The average molecular weight is 184 g/mol. The Hall–Kier alpha value is -0.740. The predicted molar refractivity (Wildman–Crippen MR) is 52.5 cm³/mol. The summed E-state index contributed by atoms with van der Waals surface area (Å²) in [5.41, 5.74) is 1.82. The fourth-order valence-corrected chi connectivity index (χ4v) is 0.972. The molecule has 0 aromatic carbocycles. The Balaban J connectivity index is 2.49. The van der Waals surface area contributed by atoms with Crippen molar-refractivity contribution in [1.82, 2.24) is 0 Å². The Morgan fingerprint density at radius 3 is 2.46 bits per heavy atom. The Bertz CT molecular complexity index is 214. The van der Waals surface area contributed by atoms with Crippen LogP contribution in [-0.2, 0) is 9.47 Å². The summed E-state index contributed by atoms with van der Waals surface area (Å²) in [5, 5.41) is 8.02. The van der Waals surface area contributed by atoms with Crippen molar-refractivity contribution < 1.29 is 9.47 Å². The maximum absolute atomic E-state index is 5.45. The summed E-state index contributed by atoms with van der Waals surface area (Å²) in [4.78, 5) is 0. The maximum Gasteiger partial charge on any atom is 0.120 e. The first-order valence-electron chi connectivity index (χ1n) is 4.45. The second-order valence-electron chi connectivity index (χ2n) is 3.22. The van der Waals surface area contributed by atoms with Crippen molar-refractivity contribution in [3.63, 3.8) is 0 Å². The van der Waals surface area contributed by atoms with Gasteiger partial charge in [0.05, 0.1) is 25.5 Å². The molecule has 1 saturated heterocycles. The van der Waals surface area contributed by atoms with Crippen LogP contribution in [0.3, 0.4) is 0 Å². The van der Waals surface area contributed by atoms with Gasteiger partial charge in [0, 0.05) is 5.71 Å². The van der Waals surface area contributed by atoms with Crippen LogP contribution in [0.4, 0.5) is 0 Å². The van der Waals surface area contributed by atoms with Crippen LogP contribution in [0.15, 0.2) is 10.2 Å². The van der Waals surface area contributed by atoms with Gasteiger partial charge in [0.25, 0.3) is 0 Å². The highest BCUT2D eigenvalue weighted by Crippen LogP contribution is 2.03. The van der Waals surface area contributed by atoms with E-state index in [1.54, 1.807) is 0 Å². The largest absolute Gasteiger partial charge is 0.376 e. The van der Waals surface area contributed by atoms with Gasteiger partial charge in [0.15, 0.2) is 0 Å². The highest BCUT2D eigenvalue weighted by atomic mass is 16.6. The fraction of sp³-hybridized carbons (Fsp3) is 0.778. The van der Waals surface area contributed by atoms with Crippen molar-refractivity contribution in [1.29, 1.82) is 0 Å². The molecule has 0 aliphatic carbocycles. The summed E-state index contributed by atoms with van der Waals surface area (Å²) in [6.45, 7) is 7.65. The standard InChI is InChI=1S/C9H16N2O2/c1-7(2)10-11-8(3)9-6-12-4-5-13-9/h9H,4-6H2,1-3H3/b11-8+/t9-/m0/s1. The Morgan fingerprint density at radius 1 is 1.15 bits per heavy atom. The maximum atomic E-state index is 5.45. The molecule has 0 amide bonds. The average Bonchev–Trinajstić information content (AvgIpc) is 2.15. The minimum absolute atomic E-state index is 0.0168. The fourth-order valence-electron chi connectivity index (χ4n) is 0.972. The Morgan fingerprint density at radius 2 is 1.92 bits per heavy atom. The Kier molecular flexibility index (Phi) is 4.05. The second-order valence-corrected chi connectivity index (χ2v) is 3.22. The molecule has 74 valence electrons. The topological polar surface area (TPSA) is 43.2 Å². The molecule has 0 aromatic heterocycles. The van der Waals surface area contributed by atoms with E-state index in [-0.39, 0.29) is 6.10 Å². The number of hydrogen-bond donors (Lipinski definition) is 0. The minimum atomic E-state index is -0.0168. The zero-order chi connectivity index (χ0) is 9.68. The van der Waals surface area contributed by atoms with E-state index in [0.29, 0.717) is 19.8 Å². The summed E-state index contributed by atoms with van der Waals surface area (Å²) in [6.07, 6.45) is -0.0168. The van der Waals surface area contributed by atoms with E-state index < -0.39 is 0 Å². The van der Waals surface area contributed by atoms with Gasteiger partial charge >= 0.3 is 0 Å². The number of nitrogens with zero attached hydrogens (tertiary/aromatic N) is 2. The van der Waals surface area contributed by atoms with Crippen LogP contribution in [-0.4, -0.2) is 37.3 Å². The van der Waals surface area contributed by atoms with Gasteiger partial charge in [-0.2, -0.15) is 10.2 Å². The van der Waals surface area contributed by atoms with Crippen LogP contribution in [0.5, 0.6) is 0 Å².